The molecule has 3 heteroatoms. The van der Waals surface area contributed by atoms with E-state index in [0.29, 0.717) is 17.9 Å². The molecule has 0 radical (unpaired) electrons. The van der Waals surface area contributed by atoms with Crippen molar-refractivity contribution in [1.82, 2.24) is 0 Å². The summed E-state index contributed by atoms with van der Waals surface area (Å²) in [6.07, 6.45) is 0.0218. The van der Waals surface area contributed by atoms with Crippen molar-refractivity contribution in [1.29, 1.82) is 0 Å². The van der Waals surface area contributed by atoms with Crippen LogP contribution < -0.4 is 9.47 Å². The van der Waals surface area contributed by atoms with Gasteiger partial charge in [0.2, 0.25) is 0 Å². The first-order chi connectivity index (χ1) is 9.63. The maximum atomic E-state index is 10.4. The zero-order valence-electron chi connectivity index (χ0n) is 12.1. The van der Waals surface area contributed by atoms with Gasteiger partial charge in [-0.05, 0) is 30.2 Å². The lowest BCUT2D eigenvalue weighted by atomic mass is 10.00. The zero-order chi connectivity index (χ0) is 14.5. The lowest BCUT2D eigenvalue weighted by Gasteiger charge is -2.14. The number of aliphatic hydroxyl groups excluding tert-OH is 1. The van der Waals surface area contributed by atoms with E-state index < -0.39 is 6.10 Å². The van der Waals surface area contributed by atoms with Crippen molar-refractivity contribution in [2.75, 3.05) is 14.2 Å². The second-order valence-corrected chi connectivity index (χ2v) is 4.82. The molecule has 0 saturated heterocycles. The highest BCUT2D eigenvalue weighted by Crippen LogP contribution is 2.31. The van der Waals surface area contributed by atoms with Crippen LogP contribution in [0.5, 0.6) is 11.5 Å². The number of methoxy groups -OCH3 is 2. The van der Waals surface area contributed by atoms with Gasteiger partial charge in [-0.2, -0.15) is 0 Å². The van der Waals surface area contributed by atoms with Crippen LogP contribution in [-0.2, 0) is 6.42 Å². The summed E-state index contributed by atoms with van der Waals surface area (Å²) in [6.45, 7) is 2.05. The molecule has 0 saturated carbocycles. The second kappa shape index (κ2) is 6.44. The number of rotatable bonds is 5. The van der Waals surface area contributed by atoms with Crippen LogP contribution >= 0.6 is 0 Å². The maximum absolute atomic E-state index is 10.4. The first kappa shape index (κ1) is 14.4. The monoisotopic (exact) mass is 272 g/mol. The number of aryl methyl sites for hydroxylation is 1. The summed E-state index contributed by atoms with van der Waals surface area (Å²) in [5.74, 6) is 1.30. The van der Waals surface area contributed by atoms with Gasteiger partial charge in [0.05, 0.1) is 20.3 Å². The van der Waals surface area contributed by atoms with Crippen molar-refractivity contribution < 1.29 is 14.6 Å². The van der Waals surface area contributed by atoms with E-state index in [0.717, 1.165) is 11.1 Å². The highest BCUT2D eigenvalue weighted by molar-refractivity contribution is 5.43. The Morgan fingerprint density at radius 3 is 2.40 bits per heavy atom. The SMILES string of the molecule is COc1ccc(C(O)Cc2cccc(C)c2)cc1OC. The van der Waals surface area contributed by atoms with Gasteiger partial charge < -0.3 is 14.6 Å². The minimum absolute atomic E-state index is 0.559. The maximum Gasteiger partial charge on any atom is 0.161 e. The molecule has 0 aliphatic rings. The van der Waals surface area contributed by atoms with Crippen molar-refractivity contribution in [3.8, 4) is 11.5 Å². The summed E-state index contributed by atoms with van der Waals surface area (Å²) < 4.78 is 10.5. The Hall–Kier alpha value is -2.00. The van der Waals surface area contributed by atoms with Gasteiger partial charge in [-0.1, -0.05) is 35.9 Å². The Kier molecular flexibility index (Phi) is 4.64. The third-order valence-corrected chi connectivity index (χ3v) is 3.30. The fourth-order valence-corrected chi connectivity index (χ4v) is 2.24. The zero-order valence-corrected chi connectivity index (χ0v) is 12.1. The number of hydrogen-bond donors (Lipinski definition) is 1. The Labute approximate surface area is 119 Å². The van der Waals surface area contributed by atoms with Crippen molar-refractivity contribution in [3.05, 3.63) is 59.2 Å². The number of ether oxygens (including phenoxy) is 2. The summed E-state index contributed by atoms with van der Waals surface area (Å²) in [5, 5.41) is 10.4. The molecule has 1 unspecified atom stereocenters. The Morgan fingerprint density at radius 2 is 1.75 bits per heavy atom. The third kappa shape index (κ3) is 3.31. The first-order valence-corrected chi connectivity index (χ1v) is 6.59. The molecule has 3 nitrogen and oxygen atoms in total. The van der Waals surface area contributed by atoms with Crippen LogP contribution in [0.3, 0.4) is 0 Å². The van der Waals surface area contributed by atoms with Crippen LogP contribution in [-0.4, -0.2) is 19.3 Å². The van der Waals surface area contributed by atoms with Gasteiger partial charge in [0, 0.05) is 6.42 Å². The van der Waals surface area contributed by atoms with Crippen molar-refractivity contribution in [2.45, 2.75) is 19.4 Å². The molecule has 0 aliphatic heterocycles. The fourth-order valence-electron chi connectivity index (χ4n) is 2.24. The molecule has 2 aromatic rings. The van der Waals surface area contributed by atoms with Gasteiger partial charge in [0.1, 0.15) is 0 Å². The molecule has 2 rings (SSSR count). The molecule has 0 bridgehead atoms. The Balaban J connectivity index is 2.18. The van der Waals surface area contributed by atoms with E-state index in [2.05, 4.69) is 6.07 Å². The minimum Gasteiger partial charge on any atom is -0.493 e. The lowest BCUT2D eigenvalue weighted by Crippen LogP contribution is -2.03. The molecule has 2 aromatic carbocycles. The van der Waals surface area contributed by atoms with Gasteiger partial charge in [0.25, 0.3) is 0 Å². The van der Waals surface area contributed by atoms with Gasteiger partial charge >= 0.3 is 0 Å². The molecule has 1 atom stereocenters. The van der Waals surface area contributed by atoms with Crippen molar-refractivity contribution >= 4 is 0 Å². The second-order valence-electron chi connectivity index (χ2n) is 4.82. The molecular formula is C17H20O3. The van der Waals surface area contributed by atoms with E-state index in [1.807, 2.05) is 43.3 Å². The van der Waals surface area contributed by atoms with Gasteiger partial charge in [-0.25, -0.2) is 0 Å². The molecule has 0 heterocycles. The van der Waals surface area contributed by atoms with Crippen LogP contribution in [0.15, 0.2) is 42.5 Å². The third-order valence-electron chi connectivity index (χ3n) is 3.30. The van der Waals surface area contributed by atoms with E-state index in [1.54, 1.807) is 14.2 Å². The van der Waals surface area contributed by atoms with Crippen LogP contribution in [0.1, 0.15) is 22.8 Å². The van der Waals surface area contributed by atoms with Crippen molar-refractivity contribution in [2.24, 2.45) is 0 Å². The van der Waals surface area contributed by atoms with Crippen molar-refractivity contribution in [3.63, 3.8) is 0 Å². The molecule has 0 amide bonds. The topological polar surface area (TPSA) is 38.7 Å². The number of hydrogen-bond acceptors (Lipinski definition) is 3. The molecular weight excluding hydrogens is 252 g/mol. The normalized spacial score (nSPS) is 12.0. The molecule has 0 spiro atoms. The predicted molar refractivity (Wildman–Crippen MR) is 79.4 cm³/mol. The Morgan fingerprint density at radius 1 is 1.00 bits per heavy atom. The predicted octanol–water partition coefficient (Wildman–Crippen LogP) is 3.29. The van der Waals surface area contributed by atoms with Crippen LogP contribution in [0.2, 0.25) is 0 Å². The van der Waals surface area contributed by atoms with Gasteiger partial charge in [-0.3, -0.25) is 0 Å². The molecule has 20 heavy (non-hydrogen) atoms. The highest BCUT2D eigenvalue weighted by Gasteiger charge is 2.12. The standard InChI is InChI=1S/C17H20O3/c1-12-5-4-6-13(9-12)10-15(18)14-7-8-16(19-2)17(11-14)20-3/h4-9,11,15,18H,10H2,1-3H3. The van der Waals surface area contributed by atoms with Gasteiger partial charge in [0.15, 0.2) is 11.5 Å². The fraction of sp³-hybridized carbons (Fsp3) is 0.294. The van der Waals surface area contributed by atoms with E-state index >= 15 is 0 Å². The molecule has 1 N–H and O–H groups in total. The largest absolute Gasteiger partial charge is 0.493 e. The average molecular weight is 272 g/mol. The van der Waals surface area contributed by atoms with E-state index in [1.165, 1.54) is 5.56 Å². The Bertz CT molecular complexity index is 578. The number of benzene rings is 2. The highest BCUT2D eigenvalue weighted by atomic mass is 16.5. The van der Waals surface area contributed by atoms with Crippen LogP contribution in [0.25, 0.3) is 0 Å². The number of aliphatic hydroxyl groups is 1. The van der Waals surface area contributed by atoms with Gasteiger partial charge in [-0.15, -0.1) is 0 Å². The lowest BCUT2D eigenvalue weighted by molar-refractivity contribution is 0.178. The molecule has 106 valence electrons. The minimum atomic E-state index is -0.559. The summed E-state index contributed by atoms with van der Waals surface area (Å²) in [7, 11) is 3.19. The van der Waals surface area contributed by atoms with E-state index in [-0.39, 0.29) is 0 Å². The first-order valence-electron chi connectivity index (χ1n) is 6.59. The summed E-state index contributed by atoms with van der Waals surface area (Å²) in [6, 6.07) is 13.7. The smallest absolute Gasteiger partial charge is 0.161 e. The molecule has 0 aromatic heterocycles. The van der Waals surface area contributed by atoms with Crippen LogP contribution in [0, 0.1) is 6.92 Å². The molecule has 0 aliphatic carbocycles. The average Bonchev–Trinajstić information content (AvgIpc) is 2.46. The van der Waals surface area contributed by atoms with E-state index in [4.69, 9.17) is 9.47 Å². The quantitative estimate of drug-likeness (QED) is 0.907. The summed E-state index contributed by atoms with van der Waals surface area (Å²) in [4.78, 5) is 0. The molecule has 0 fully saturated rings. The summed E-state index contributed by atoms with van der Waals surface area (Å²) in [5.41, 5.74) is 3.14. The van der Waals surface area contributed by atoms with E-state index in [9.17, 15) is 5.11 Å². The summed E-state index contributed by atoms with van der Waals surface area (Å²) >= 11 is 0. The van der Waals surface area contributed by atoms with Crippen LogP contribution in [0.4, 0.5) is 0 Å².